The minimum absolute atomic E-state index is 0. The van der Waals surface area contributed by atoms with Crippen LogP contribution in [0.1, 0.15) is 19.8 Å². The molecule has 1 saturated carbocycles. The van der Waals surface area contributed by atoms with Crippen LogP contribution in [0.4, 0.5) is 0 Å². The number of likely N-dealkylation sites (N-methyl/N-ethyl adjacent to an activating group) is 1. The first-order valence-electron chi connectivity index (χ1n) is 10.8. The van der Waals surface area contributed by atoms with Gasteiger partial charge in [-0.3, -0.25) is 14.9 Å². The Kier molecular flexibility index (Phi) is 7.07. The molecule has 2 atom stereocenters. The molecule has 9 heteroatoms. The molecule has 173 valence electrons. The number of sulfone groups is 1. The van der Waals surface area contributed by atoms with Crippen molar-refractivity contribution in [2.45, 2.75) is 35.7 Å². The number of nitrogens with one attached hydrogen (secondary N) is 2. The molecule has 2 aliphatic carbocycles. The monoisotopic (exact) mass is 476 g/mol. The zero-order chi connectivity index (χ0) is 22.7. The summed E-state index contributed by atoms with van der Waals surface area (Å²) in [4.78, 5) is 27.0. The van der Waals surface area contributed by atoms with Gasteiger partial charge in [0.1, 0.15) is 5.50 Å². The van der Waals surface area contributed by atoms with Gasteiger partial charge in [0, 0.05) is 32.8 Å². The lowest BCUT2D eigenvalue weighted by molar-refractivity contribution is -0.126. The lowest BCUT2D eigenvalue weighted by Crippen LogP contribution is -2.42. The molecule has 32 heavy (non-hydrogen) atoms. The second-order valence-corrected chi connectivity index (χ2v) is 11.6. The van der Waals surface area contributed by atoms with Crippen molar-refractivity contribution in [3.05, 3.63) is 60.1 Å². The summed E-state index contributed by atoms with van der Waals surface area (Å²) in [7, 11) is -1.47. The fourth-order valence-corrected chi connectivity index (χ4v) is 6.38. The highest BCUT2D eigenvalue weighted by Crippen LogP contribution is 2.32. The van der Waals surface area contributed by atoms with Crippen molar-refractivity contribution in [3.8, 4) is 0 Å². The first kappa shape index (κ1) is 23.1. The molecule has 1 radical (unpaired) electrons. The smallest absolute Gasteiger partial charge is 0.255 e. The summed E-state index contributed by atoms with van der Waals surface area (Å²) in [6, 6.07) is 6.27. The third kappa shape index (κ3) is 5.82. The Morgan fingerprint density at radius 1 is 1.25 bits per heavy atom. The number of carbonyl (C=O) groups excluding carboxylic acids is 2. The molecular formula is C23H30N3O4S2. The molecule has 2 N–H and O–H groups in total. The summed E-state index contributed by atoms with van der Waals surface area (Å²) in [6.07, 6.45) is 9.20. The summed E-state index contributed by atoms with van der Waals surface area (Å²) in [5.74, 6) is 1.26. The first-order chi connectivity index (χ1) is 15.3. The van der Waals surface area contributed by atoms with Crippen molar-refractivity contribution in [1.82, 2.24) is 15.5 Å². The van der Waals surface area contributed by atoms with Crippen molar-refractivity contribution in [1.29, 1.82) is 0 Å². The van der Waals surface area contributed by atoms with Gasteiger partial charge >= 0.3 is 0 Å². The molecule has 2 fully saturated rings. The number of amides is 2. The van der Waals surface area contributed by atoms with Crippen molar-refractivity contribution < 1.29 is 19.4 Å². The van der Waals surface area contributed by atoms with Gasteiger partial charge in [0.15, 0.2) is 9.84 Å². The highest BCUT2D eigenvalue weighted by atomic mass is 32.2. The van der Waals surface area contributed by atoms with E-state index in [0.29, 0.717) is 16.4 Å². The van der Waals surface area contributed by atoms with Gasteiger partial charge in [-0.1, -0.05) is 30.4 Å². The van der Waals surface area contributed by atoms with Crippen LogP contribution in [0.25, 0.3) is 0 Å². The summed E-state index contributed by atoms with van der Waals surface area (Å²) < 4.78 is 24.7. The van der Waals surface area contributed by atoms with Crippen LogP contribution < -0.4 is 10.6 Å². The minimum Gasteiger partial charge on any atom is -0.349 e. The Hall–Kier alpha value is -2.10. The zero-order valence-corrected chi connectivity index (χ0v) is 19.6. The van der Waals surface area contributed by atoms with Gasteiger partial charge in [-0.25, -0.2) is 8.42 Å². The minimum atomic E-state index is -3.25. The van der Waals surface area contributed by atoms with E-state index in [2.05, 4.69) is 10.6 Å². The summed E-state index contributed by atoms with van der Waals surface area (Å²) in [5.41, 5.74) is 1.32. The molecule has 7 nitrogen and oxygen atoms in total. The number of hydrogen-bond acceptors (Lipinski definition) is 6. The van der Waals surface area contributed by atoms with Crippen LogP contribution >= 0.6 is 11.8 Å². The molecule has 0 spiro atoms. The standard InChI is InChI=1S/C23H28N3O4S2.H2/c1-26(23-24-12-13-31-23)22(28)18-6-8-19(9-7-18)25-21(27)14-16-4-10-20(11-5-16)32(29,30)15-17-2-3-17;/h4-11,17,19,23-24H,2-3,12-15H2,1H3,(H,25,27);1H. The topological polar surface area (TPSA) is 95.6 Å². The molecular weight excluding hydrogens is 446 g/mol. The van der Waals surface area contributed by atoms with Gasteiger partial charge in [0.05, 0.1) is 23.1 Å². The van der Waals surface area contributed by atoms with E-state index in [0.717, 1.165) is 30.7 Å². The fourth-order valence-electron chi connectivity index (χ4n) is 3.67. The van der Waals surface area contributed by atoms with E-state index in [4.69, 9.17) is 0 Å². The molecule has 1 aromatic carbocycles. The number of carbonyl (C=O) groups is 2. The Labute approximate surface area is 195 Å². The average Bonchev–Trinajstić information content (AvgIpc) is 3.40. The van der Waals surface area contributed by atoms with Gasteiger partial charge in [-0.15, -0.1) is 11.8 Å². The van der Waals surface area contributed by atoms with Crippen LogP contribution in [0.2, 0.25) is 0 Å². The molecule has 4 rings (SSSR count). The quantitative estimate of drug-likeness (QED) is 0.595. The third-order valence-corrected chi connectivity index (χ3v) is 8.85. The predicted molar refractivity (Wildman–Crippen MR) is 128 cm³/mol. The first-order valence-corrected chi connectivity index (χ1v) is 13.5. The summed E-state index contributed by atoms with van der Waals surface area (Å²) in [5, 5.41) is 6.18. The maximum Gasteiger partial charge on any atom is 0.255 e. The Morgan fingerprint density at radius 3 is 2.59 bits per heavy atom. The van der Waals surface area contributed by atoms with Crippen LogP contribution in [-0.2, 0) is 25.8 Å². The maximum atomic E-state index is 12.6. The summed E-state index contributed by atoms with van der Waals surface area (Å²) >= 11 is 1.70. The lowest BCUT2D eigenvalue weighted by atomic mass is 10.0. The van der Waals surface area contributed by atoms with Crippen LogP contribution in [0, 0.1) is 12.3 Å². The van der Waals surface area contributed by atoms with Crippen molar-refractivity contribution in [2.75, 3.05) is 25.1 Å². The van der Waals surface area contributed by atoms with E-state index in [1.165, 1.54) is 0 Å². The highest BCUT2D eigenvalue weighted by molar-refractivity contribution is 8.00. The predicted octanol–water partition coefficient (Wildman–Crippen LogP) is 1.92. The van der Waals surface area contributed by atoms with Crippen molar-refractivity contribution in [2.24, 2.45) is 5.92 Å². The molecule has 0 aromatic heterocycles. The molecule has 3 aliphatic rings. The third-order valence-electron chi connectivity index (χ3n) is 5.71. The van der Waals surface area contributed by atoms with Gasteiger partial charge in [-0.05, 0) is 36.5 Å². The van der Waals surface area contributed by atoms with E-state index in [9.17, 15) is 18.0 Å². The van der Waals surface area contributed by atoms with Crippen LogP contribution in [0.15, 0.2) is 53.0 Å². The summed E-state index contributed by atoms with van der Waals surface area (Å²) in [6.45, 7) is 0.890. The van der Waals surface area contributed by atoms with Crippen LogP contribution in [0.3, 0.4) is 0 Å². The van der Waals surface area contributed by atoms with E-state index in [1.807, 2.05) is 0 Å². The van der Waals surface area contributed by atoms with E-state index >= 15 is 0 Å². The van der Waals surface area contributed by atoms with E-state index in [-0.39, 0.29) is 37.0 Å². The highest BCUT2D eigenvalue weighted by Gasteiger charge is 2.29. The normalized spacial score (nSPS) is 23.0. The maximum absolute atomic E-state index is 12.6. The Balaban J connectivity index is 0.00000306. The molecule has 2 amide bonds. The number of benzene rings is 1. The molecule has 1 saturated heterocycles. The molecule has 0 bridgehead atoms. The zero-order valence-electron chi connectivity index (χ0n) is 18.0. The van der Waals surface area contributed by atoms with Gasteiger partial charge < -0.3 is 10.2 Å². The molecule has 2 unspecified atom stereocenters. The van der Waals surface area contributed by atoms with Crippen molar-refractivity contribution in [3.63, 3.8) is 0 Å². The number of hydrogen-bond donors (Lipinski definition) is 2. The number of nitrogens with zero attached hydrogens (tertiary/aromatic N) is 1. The Bertz CT molecular complexity index is 1030. The molecule has 1 aromatic rings. The molecule has 1 heterocycles. The average molecular weight is 477 g/mol. The van der Waals surface area contributed by atoms with Crippen molar-refractivity contribution >= 4 is 33.4 Å². The fraction of sp³-hybridized carbons (Fsp3) is 0.435. The van der Waals surface area contributed by atoms with Gasteiger partial charge in [-0.2, -0.15) is 0 Å². The lowest BCUT2D eigenvalue weighted by Gasteiger charge is -2.25. The van der Waals surface area contributed by atoms with Gasteiger partial charge in [0.2, 0.25) is 5.91 Å². The second kappa shape index (κ2) is 9.80. The number of thioether (sulfide) groups is 1. The van der Waals surface area contributed by atoms with Crippen LogP contribution in [0.5, 0.6) is 0 Å². The van der Waals surface area contributed by atoms with Gasteiger partial charge in [0.25, 0.3) is 5.91 Å². The number of rotatable bonds is 8. The van der Waals surface area contributed by atoms with E-state index < -0.39 is 9.84 Å². The second-order valence-electron chi connectivity index (χ2n) is 8.41. The Morgan fingerprint density at radius 2 is 2.00 bits per heavy atom. The molecule has 1 aliphatic heterocycles. The van der Waals surface area contributed by atoms with E-state index in [1.54, 1.807) is 72.6 Å². The SMILES string of the molecule is CN(C(=O)C1=C[CH]C(NC(=O)Cc2ccc(S(=O)(=O)CC3CC3)cc2)C=C1)C1NCCS1.[HH]. The largest absolute Gasteiger partial charge is 0.349 e. The van der Waals surface area contributed by atoms with Crippen LogP contribution in [-0.4, -0.2) is 61.8 Å².